The third kappa shape index (κ3) is 4.45. The molecule has 0 aliphatic carbocycles. The van der Waals surface area contributed by atoms with Crippen LogP contribution in [0, 0.1) is 0 Å². The van der Waals surface area contributed by atoms with Gasteiger partial charge in [0.15, 0.2) is 11.9 Å². The molecule has 10 heteroatoms. The molecule has 0 atom stereocenters. The van der Waals surface area contributed by atoms with Crippen molar-refractivity contribution < 1.29 is 0 Å². The van der Waals surface area contributed by atoms with Crippen LogP contribution in [0.4, 0.5) is 10.3 Å². The quantitative estimate of drug-likeness (QED) is 0.279. The average Bonchev–Trinajstić information content (AvgIpc) is 3.37. The Morgan fingerprint density at radius 1 is 0.567 bits per heavy atom. The summed E-state index contributed by atoms with van der Waals surface area (Å²) in [5.41, 5.74) is 27.5. The molecule has 0 saturated carbocycles. The van der Waals surface area contributed by atoms with Gasteiger partial charge in [-0.15, -0.1) is 22.7 Å². The predicted molar refractivity (Wildman–Crippen MR) is 125 cm³/mol. The van der Waals surface area contributed by atoms with Crippen molar-refractivity contribution >= 4 is 44.9 Å². The molecule has 0 spiro atoms. The number of nitrogens with zero attached hydrogens (tertiary/aromatic N) is 4. The molecule has 2 aromatic carbocycles. The Bertz CT molecular complexity index is 1110. The first-order valence-corrected chi connectivity index (χ1v) is 10.6. The summed E-state index contributed by atoms with van der Waals surface area (Å²) in [6.45, 7) is 0. The summed E-state index contributed by atoms with van der Waals surface area (Å²) in [6, 6.07) is 16.3. The number of hydrogen-bond acceptors (Lipinski definition) is 6. The lowest BCUT2D eigenvalue weighted by Gasteiger charge is -2.04. The summed E-state index contributed by atoms with van der Waals surface area (Å²) in [5.74, 6) is -0.000354. The summed E-state index contributed by atoms with van der Waals surface area (Å²) < 4.78 is 0. The minimum atomic E-state index is -0.000177. The van der Waals surface area contributed by atoms with Gasteiger partial charge in [-0.05, 0) is 11.1 Å². The Labute approximate surface area is 180 Å². The molecular weight excluding hydrogens is 416 g/mol. The predicted octanol–water partition coefficient (Wildman–Crippen LogP) is 3.41. The number of aliphatic imine (C=N–C) groups is 2. The van der Waals surface area contributed by atoms with Gasteiger partial charge >= 0.3 is 0 Å². The molecule has 30 heavy (non-hydrogen) atoms. The molecule has 0 aliphatic rings. The highest BCUT2D eigenvalue weighted by Crippen LogP contribution is 2.31. The minimum absolute atomic E-state index is 0.000177. The monoisotopic (exact) mass is 434 g/mol. The van der Waals surface area contributed by atoms with Crippen LogP contribution in [0.5, 0.6) is 0 Å². The molecular formula is C20H18N8S2. The molecule has 2 heterocycles. The number of benzene rings is 2. The fourth-order valence-electron chi connectivity index (χ4n) is 2.78. The summed E-state index contributed by atoms with van der Waals surface area (Å²) in [5, 5.41) is 4.93. The first kappa shape index (κ1) is 19.6. The molecule has 0 radical (unpaired) electrons. The Kier molecular flexibility index (Phi) is 5.42. The van der Waals surface area contributed by atoms with E-state index in [1.807, 2.05) is 35.0 Å². The molecule has 4 aromatic rings. The highest BCUT2D eigenvalue weighted by atomic mass is 32.1. The van der Waals surface area contributed by atoms with E-state index in [9.17, 15) is 0 Å². The lowest BCUT2D eigenvalue weighted by Crippen LogP contribution is -2.21. The Balaban J connectivity index is 1.52. The molecule has 0 unspecified atom stereocenters. The van der Waals surface area contributed by atoms with E-state index in [0.29, 0.717) is 10.3 Å². The SMILES string of the molecule is NC(N)=Nc1nc(-c2ccc(-c3ccc(-c4csc(N=C(N)N)n4)cc3)cc2)cs1. The van der Waals surface area contributed by atoms with Crippen molar-refractivity contribution in [3.8, 4) is 33.6 Å². The van der Waals surface area contributed by atoms with Crippen LogP contribution >= 0.6 is 22.7 Å². The maximum absolute atomic E-state index is 5.40. The Morgan fingerprint density at radius 2 is 0.900 bits per heavy atom. The van der Waals surface area contributed by atoms with E-state index in [1.165, 1.54) is 22.7 Å². The molecule has 0 bridgehead atoms. The first-order chi connectivity index (χ1) is 14.5. The van der Waals surface area contributed by atoms with E-state index >= 15 is 0 Å². The zero-order valence-electron chi connectivity index (χ0n) is 15.7. The second kappa shape index (κ2) is 8.31. The average molecular weight is 435 g/mol. The molecule has 0 saturated heterocycles. The van der Waals surface area contributed by atoms with Gasteiger partial charge in [0.1, 0.15) is 0 Å². The largest absolute Gasteiger partial charge is 0.370 e. The van der Waals surface area contributed by atoms with Gasteiger partial charge < -0.3 is 22.9 Å². The van der Waals surface area contributed by atoms with Gasteiger partial charge in [-0.3, -0.25) is 0 Å². The van der Waals surface area contributed by atoms with E-state index in [1.54, 1.807) is 0 Å². The fraction of sp³-hybridized carbons (Fsp3) is 0. The standard InChI is InChI=1S/C20H18N8S2/c21-17(22)27-19-25-15(9-29-19)13-5-1-11(2-6-13)12-3-7-14(8-4-12)16-10-30-20(26-16)28-18(23)24/h1-10H,(H4,21,22,25,27)(H4,23,24,26,28). The van der Waals surface area contributed by atoms with Gasteiger partial charge in [0.2, 0.25) is 10.3 Å². The van der Waals surface area contributed by atoms with Gasteiger partial charge in [0, 0.05) is 21.9 Å². The minimum Gasteiger partial charge on any atom is -0.370 e. The van der Waals surface area contributed by atoms with Gasteiger partial charge in [0.25, 0.3) is 0 Å². The highest BCUT2D eigenvalue weighted by molar-refractivity contribution is 7.14. The van der Waals surface area contributed by atoms with E-state index in [0.717, 1.165) is 33.6 Å². The lowest BCUT2D eigenvalue weighted by atomic mass is 10.0. The third-order valence-corrected chi connectivity index (χ3v) is 5.60. The van der Waals surface area contributed by atoms with Gasteiger partial charge in [0.05, 0.1) is 11.4 Å². The van der Waals surface area contributed by atoms with Gasteiger partial charge in [-0.2, -0.15) is 9.98 Å². The highest BCUT2D eigenvalue weighted by Gasteiger charge is 2.07. The van der Waals surface area contributed by atoms with Gasteiger partial charge in [-0.1, -0.05) is 48.5 Å². The zero-order valence-corrected chi connectivity index (χ0v) is 17.3. The summed E-state index contributed by atoms with van der Waals surface area (Å²) in [7, 11) is 0. The van der Waals surface area contributed by atoms with Crippen molar-refractivity contribution in [3.63, 3.8) is 0 Å². The third-order valence-electron chi connectivity index (χ3n) is 4.13. The number of guanidine groups is 2. The maximum atomic E-state index is 5.40. The van der Waals surface area contributed by atoms with Crippen molar-refractivity contribution in [2.45, 2.75) is 0 Å². The van der Waals surface area contributed by atoms with Crippen molar-refractivity contribution in [1.82, 2.24) is 9.97 Å². The van der Waals surface area contributed by atoms with Crippen LogP contribution < -0.4 is 22.9 Å². The maximum Gasteiger partial charge on any atom is 0.212 e. The summed E-state index contributed by atoms with van der Waals surface area (Å²) in [4.78, 5) is 16.8. The fourth-order valence-corrected chi connectivity index (χ4v) is 4.21. The van der Waals surface area contributed by atoms with Crippen LogP contribution in [-0.2, 0) is 0 Å². The van der Waals surface area contributed by atoms with E-state index in [2.05, 4.69) is 44.2 Å². The van der Waals surface area contributed by atoms with Gasteiger partial charge in [-0.25, -0.2) is 9.97 Å². The topological polar surface area (TPSA) is 155 Å². The van der Waals surface area contributed by atoms with Crippen LogP contribution in [-0.4, -0.2) is 21.9 Å². The molecule has 8 nitrogen and oxygen atoms in total. The molecule has 150 valence electrons. The lowest BCUT2D eigenvalue weighted by molar-refractivity contribution is 1.32. The molecule has 0 aliphatic heterocycles. The van der Waals surface area contributed by atoms with E-state index in [-0.39, 0.29) is 11.9 Å². The van der Waals surface area contributed by atoms with Crippen LogP contribution in [0.25, 0.3) is 33.6 Å². The van der Waals surface area contributed by atoms with E-state index < -0.39 is 0 Å². The van der Waals surface area contributed by atoms with Crippen LogP contribution in [0.3, 0.4) is 0 Å². The normalized spacial score (nSPS) is 10.5. The number of thiazole rings is 2. The summed E-state index contributed by atoms with van der Waals surface area (Å²) >= 11 is 2.78. The second-order valence-electron chi connectivity index (χ2n) is 6.26. The van der Waals surface area contributed by atoms with Crippen LogP contribution in [0.15, 0.2) is 69.3 Å². The molecule has 4 rings (SSSR count). The van der Waals surface area contributed by atoms with Crippen molar-refractivity contribution in [3.05, 3.63) is 59.3 Å². The smallest absolute Gasteiger partial charge is 0.212 e. The first-order valence-electron chi connectivity index (χ1n) is 8.79. The Hall–Kier alpha value is -3.76. The Morgan fingerprint density at radius 3 is 1.23 bits per heavy atom. The summed E-state index contributed by atoms with van der Waals surface area (Å²) in [6.07, 6.45) is 0. The number of aromatic nitrogens is 2. The molecule has 8 N–H and O–H groups in total. The van der Waals surface area contributed by atoms with Crippen LogP contribution in [0.1, 0.15) is 0 Å². The number of rotatable bonds is 5. The second-order valence-corrected chi connectivity index (χ2v) is 7.93. The molecule has 0 fully saturated rings. The van der Waals surface area contributed by atoms with Crippen molar-refractivity contribution in [2.75, 3.05) is 0 Å². The van der Waals surface area contributed by atoms with E-state index in [4.69, 9.17) is 22.9 Å². The number of hydrogen-bond donors (Lipinski definition) is 4. The zero-order chi connectivity index (χ0) is 21.1. The van der Waals surface area contributed by atoms with Crippen LogP contribution in [0.2, 0.25) is 0 Å². The van der Waals surface area contributed by atoms with Crippen molar-refractivity contribution in [2.24, 2.45) is 32.9 Å². The number of nitrogens with two attached hydrogens (primary N) is 4. The van der Waals surface area contributed by atoms with Crippen molar-refractivity contribution in [1.29, 1.82) is 0 Å². The molecule has 2 aromatic heterocycles. The molecule has 0 amide bonds.